The van der Waals surface area contributed by atoms with Crippen LogP contribution in [0.1, 0.15) is 51.5 Å². The van der Waals surface area contributed by atoms with Gasteiger partial charge < -0.3 is 15.0 Å². The fourth-order valence-electron chi connectivity index (χ4n) is 5.39. The zero-order valence-corrected chi connectivity index (χ0v) is 25.3. The maximum absolute atomic E-state index is 14.1. The summed E-state index contributed by atoms with van der Waals surface area (Å²) in [6, 6.07) is 23.9. The first-order valence-electron chi connectivity index (χ1n) is 14.8. The summed E-state index contributed by atoms with van der Waals surface area (Å²) in [5, 5.41) is 3.14. The predicted octanol–water partition coefficient (Wildman–Crippen LogP) is 5.19. The third kappa shape index (κ3) is 7.91. The second kappa shape index (κ2) is 14.9. The first-order valence-corrected chi connectivity index (χ1v) is 16.2. The van der Waals surface area contributed by atoms with Crippen LogP contribution in [0.15, 0.2) is 89.8 Å². The molecule has 224 valence electrons. The number of carbonyl (C=O) groups excluding carboxylic acids is 2. The number of anilines is 1. The smallest absolute Gasteiger partial charge is 0.264 e. The first kappa shape index (κ1) is 31.1. The van der Waals surface area contributed by atoms with Gasteiger partial charge in [-0.3, -0.25) is 13.9 Å². The van der Waals surface area contributed by atoms with E-state index in [1.54, 1.807) is 47.4 Å². The Hall–Kier alpha value is -3.85. The third-order valence-corrected chi connectivity index (χ3v) is 9.41. The van der Waals surface area contributed by atoms with Crippen LogP contribution < -0.4 is 14.4 Å². The van der Waals surface area contributed by atoms with Gasteiger partial charge in [0.2, 0.25) is 11.8 Å². The molecule has 4 rings (SSSR count). The number of sulfonamides is 1. The molecule has 1 aliphatic carbocycles. The molecule has 1 N–H and O–H groups in total. The van der Waals surface area contributed by atoms with Gasteiger partial charge in [0.05, 0.1) is 17.2 Å². The van der Waals surface area contributed by atoms with Gasteiger partial charge in [0.15, 0.2) is 0 Å². The SMILES string of the molecule is CCOc1ccc(S(=O)(=O)N(CC(=O)N(CCc2ccccc2)C(CC)C(=O)NC2CCCC2)c2ccccc2)cc1. The number of nitrogens with zero attached hydrogens (tertiary/aromatic N) is 2. The van der Waals surface area contributed by atoms with Crippen molar-refractivity contribution in [3.63, 3.8) is 0 Å². The molecule has 42 heavy (non-hydrogen) atoms. The average molecular weight is 592 g/mol. The lowest BCUT2D eigenvalue weighted by molar-refractivity contribution is -0.139. The highest BCUT2D eigenvalue weighted by Gasteiger charge is 2.34. The summed E-state index contributed by atoms with van der Waals surface area (Å²) in [6.45, 7) is 4.04. The minimum absolute atomic E-state index is 0.0458. The number of amides is 2. The van der Waals surface area contributed by atoms with Crippen molar-refractivity contribution in [2.24, 2.45) is 0 Å². The molecule has 2 amide bonds. The number of hydrogen-bond acceptors (Lipinski definition) is 5. The summed E-state index contributed by atoms with van der Waals surface area (Å²) < 4.78 is 34.6. The molecule has 0 saturated heterocycles. The van der Waals surface area contributed by atoms with Crippen molar-refractivity contribution in [2.75, 3.05) is 24.0 Å². The van der Waals surface area contributed by atoms with Crippen LogP contribution in [0, 0.1) is 0 Å². The number of hydrogen-bond donors (Lipinski definition) is 1. The van der Waals surface area contributed by atoms with Crippen molar-refractivity contribution >= 4 is 27.5 Å². The molecule has 0 spiro atoms. The van der Waals surface area contributed by atoms with Crippen LogP contribution in [-0.2, 0) is 26.0 Å². The van der Waals surface area contributed by atoms with E-state index in [-0.39, 0.29) is 23.4 Å². The Balaban J connectivity index is 1.64. The van der Waals surface area contributed by atoms with Crippen LogP contribution in [-0.4, -0.2) is 56.9 Å². The molecule has 0 heterocycles. The van der Waals surface area contributed by atoms with Gasteiger partial charge in [-0.25, -0.2) is 8.42 Å². The Bertz CT molecular complexity index is 1390. The fourth-order valence-corrected chi connectivity index (χ4v) is 6.80. The lowest BCUT2D eigenvalue weighted by atomic mass is 10.1. The summed E-state index contributed by atoms with van der Waals surface area (Å²) in [5.41, 5.74) is 1.40. The van der Waals surface area contributed by atoms with Crippen molar-refractivity contribution in [1.29, 1.82) is 0 Å². The molecule has 1 aliphatic rings. The minimum atomic E-state index is -4.12. The van der Waals surface area contributed by atoms with Gasteiger partial charge in [0.1, 0.15) is 18.3 Å². The lowest BCUT2D eigenvalue weighted by Gasteiger charge is -2.33. The molecule has 3 aromatic rings. The largest absolute Gasteiger partial charge is 0.494 e. The van der Waals surface area contributed by atoms with Crippen molar-refractivity contribution < 1.29 is 22.7 Å². The van der Waals surface area contributed by atoms with E-state index in [9.17, 15) is 18.0 Å². The van der Waals surface area contributed by atoms with E-state index in [0.29, 0.717) is 30.9 Å². The molecular weight excluding hydrogens is 550 g/mol. The van der Waals surface area contributed by atoms with Gasteiger partial charge in [-0.15, -0.1) is 0 Å². The molecule has 1 atom stereocenters. The Labute approximate surface area is 249 Å². The molecule has 1 saturated carbocycles. The second-order valence-corrected chi connectivity index (χ2v) is 12.4. The molecule has 8 nitrogen and oxygen atoms in total. The van der Waals surface area contributed by atoms with E-state index >= 15 is 0 Å². The van der Waals surface area contributed by atoms with Crippen LogP contribution >= 0.6 is 0 Å². The molecule has 0 aromatic heterocycles. The van der Waals surface area contributed by atoms with Crippen molar-refractivity contribution in [2.45, 2.75) is 69.4 Å². The van der Waals surface area contributed by atoms with E-state index in [0.717, 1.165) is 35.6 Å². The molecule has 0 aliphatic heterocycles. The molecule has 0 bridgehead atoms. The Morgan fingerprint density at radius 3 is 2.12 bits per heavy atom. The second-order valence-electron chi connectivity index (χ2n) is 10.5. The Morgan fingerprint density at radius 2 is 1.52 bits per heavy atom. The minimum Gasteiger partial charge on any atom is -0.494 e. The van der Waals surface area contributed by atoms with Gasteiger partial charge in [0.25, 0.3) is 10.0 Å². The van der Waals surface area contributed by atoms with Crippen LogP contribution in [0.5, 0.6) is 5.75 Å². The quantitative estimate of drug-likeness (QED) is 0.278. The summed E-state index contributed by atoms with van der Waals surface area (Å²) in [6.07, 6.45) is 4.97. The molecule has 0 radical (unpaired) electrons. The lowest BCUT2D eigenvalue weighted by Crippen LogP contribution is -2.54. The molecule has 9 heteroatoms. The van der Waals surface area contributed by atoms with Crippen LogP contribution in [0.4, 0.5) is 5.69 Å². The van der Waals surface area contributed by atoms with Crippen molar-refractivity contribution in [3.8, 4) is 5.75 Å². The highest BCUT2D eigenvalue weighted by Crippen LogP contribution is 2.26. The Kier molecular flexibility index (Phi) is 11.0. The average Bonchev–Trinajstić information content (AvgIpc) is 3.52. The Morgan fingerprint density at radius 1 is 0.905 bits per heavy atom. The fraction of sp³-hybridized carbons (Fsp3) is 0.394. The highest BCUT2D eigenvalue weighted by atomic mass is 32.2. The number of benzene rings is 3. The van der Waals surface area contributed by atoms with E-state index in [1.807, 2.05) is 44.2 Å². The van der Waals surface area contributed by atoms with Gasteiger partial charge in [-0.1, -0.05) is 68.3 Å². The standard InChI is InChI=1S/C33H41N3O5S/c1-3-31(33(38)34-27-15-11-12-16-27)35(24-23-26-13-7-5-8-14-26)32(37)25-36(28-17-9-6-10-18-28)42(39,40)30-21-19-29(20-22-30)41-4-2/h5-10,13-14,17-22,27,31H,3-4,11-12,15-16,23-25H2,1-2H3,(H,34,38). The zero-order valence-electron chi connectivity index (χ0n) is 24.4. The number of ether oxygens (including phenoxy) is 1. The van der Waals surface area contributed by atoms with E-state index < -0.39 is 28.5 Å². The topological polar surface area (TPSA) is 96.0 Å². The van der Waals surface area contributed by atoms with Crippen LogP contribution in [0.2, 0.25) is 0 Å². The normalized spacial score (nSPS) is 14.2. The summed E-state index contributed by atoms with van der Waals surface area (Å²) in [7, 11) is -4.12. The number of nitrogens with one attached hydrogen (secondary N) is 1. The number of para-hydroxylation sites is 1. The summed E-state index contributed by atoms with van der Waals surface area (Å²) in [4.78, 5) is 29.2. The van der Waals surface area contributed by atoms with Gasteiger partial charge >= 0.3 is 0 Å². The monoisotopic (exact) mass is 591 g/mol. The predicted molar refractivity (Wildman–Crippen MR) is 165 cm³/mol. The van der Waals surface area contributed by atoms with Crippen LogP contribution in [0.25, 0.3) is 0 Å². The molecular formula is C33H41N3O5S. The van der Waals surface area contributed by atoms with E-state index in [1.165, 1.54) is 12.1 Å². The zero-order chi connectivity index (χ0) is 30.0. The summed E-state index contributed by atoms with van der Waals surface area (Å²) in [5.74, 6) is -0.0610. The van der Waals surface area contributed by atoms with Crippen LogP contribution in [0.3, 0.4) is 0 Å². The van der Waals surface area contributed by atoms with E-state index in [2.05, 4.69) is 5.32 Å². The molecule has 3 aromatic carbocycles. The number of carbonyl (C=O) groups is 2. The molecule has 1 fully saturated rings. The molecule has 1 unspecified atom stereocenters. The highest BCUT2D eigenvalue weighted by molar-refractivity contribution is 7.92. The summed E-state index contributed by atoms with van der Waals surface area (Å²) >= 11 is 0. The van der Waals surface area contributed by atoms with Gasteiger partial charge in [-0.2, -0.15) is 0 Å². The maximum atomic E-state index is 14.1. The maximum Gasteiger partial charge on any atom is 0.264 e. The van der Waals surface area contributed by atoms with Crippen molar-refractivity contribution in [1.82, 2.24) is 10.2 Å². The number of rotatable bonds is 14. The third-order valence-electron chi connectivity index (χ3n) is 7.62. The van der Waals surface area contributed by atoms with Gasteiger partial charge in [0, 0.05) is 12.6 Å². The van der Waals surface area contributed by atoms with Gasteiger partial charge in [-0.05, 0) is 74.6 Å². The van der Waals surface area contributed by atoms with Crippen molar-refractivity contribution in [3.05, 3.63) is 90.5 Å². The first-order chi connectivity index (χ1) is 20.3. The van der Waals surface area contributed by atoms with E-state index in [4.69, 9.17) is 4.74 Å².